The monoisotopic (exact) mass is 1170 g/mol. The Hall–Kier alpha value is -2.11. The summed E-state index contributed by atoms with van der Waals surface area (Å²) in [6.45, 7) is 6.68. The molecule has 0 N–H and O–H groups in total. The van der Waals surface area contributed by atoms with Crippen LogP contribution in [0.2, 0.25) is 0 Å². The second-order valence-electron chi connectivity index (χ2n) is 25.9. The average molecular weight is 1170 g/mol. The summed E-state index contributed by atoms with van der Waals surface area (Å²) in [6, 6.07) is 0. The maximum Gasteiger partial charge on any atom is 0.306 e. The molecule has 1 atom stereocenters. The van der Waals surface area contributed by atoms with Crippen molar-refractivity contribution in [3.63, 3.8) is 0 Å². The van der Waals surface area contributed by atoms with Crippen molar-refractivity contribution in [3.8, 4) is 0 Å². The molecule has 0 fully saturated rings. The molecule has 0 aliphatic rings. The molecule has 0 aromatic carbocycles. The maximum absolute atomic E-state index is 13.0. The van der Waals surface area contributed by atoms with Crippen molar-refractivity contribution in [1.82, 2.24) is 0 Å². The van der Waals surface area contributed by atoms with Gasteiger partial charge in [0.25, 0.3) is 0 Å². The number of carbonyl (C=O) groups excluding carboxylic acids is 3. The highest BCUT2D eigenvalue weighted by Crippen LogP contribution is 2.20. The maximum atomic E-state index is 13.0. The Bertz CT molecular complexity index is 1340. The lowest BCUT2D eigenvalue weighted by atomic mass is 10.0. The molecule has 0 bridgehead atoms. The number of esters is 3. The van der Waals surface area contributed by atoms with Gasteiger partial charge in [-0.3, -0.25) is 14.4 Å². The summed E-state index contributed by atoms with van der Waals surface area (Å²) in [7, 11) is 0. The van der Waals surface area contributed by atoms with Gasteiger partial charge in [-0.15, -0.1) is 0 Å². The Morgan fingerprint density at radius 2 is 0.446 bits per heavy atom. The number of allylic oxidation sites excluding steroid dienone is 4. The van der Waals surface area contributed by atoms with E-state index >= 15 is 0 Å². The van der Waals surface area contributed by atoms with Gasteiger partial charge in [0.05, 0.1) is 0 Å². The van der Waals surface area contributed by atoms with Crippen molar-refractivity contribution in [3.05, 3.63) is 24.3 Å². The summed E-state index contributed by atoms with van der Waals surface area (Å²) in [5, 5.41) is 0. The molecule has 0 heterocycles. The minimum atomic E-state index is -0.774. The number of unbranched alkanes of at least 4 members (excludes halogenated alkanes) is 56. The normalized spacial score (nSPS) is 12.1. The van der Waals surface area contributed by atoms with E-state index in [9.17, 15) is 14.4 Å². The molecule has 83 heavy (non-hydrogen) atoms. The molecule has 490 valence electrons. The summed E-state index contributed by atoms with van der Waals surface area (Å²) in [5.74, 6) is -0.849. The summed E-state index contributed by atoms with van der Waals surface area (Å²) < 4.78 is 17.0. The van der Waals surface area contributed by atoms with Gasteiger partial charge in [-0.2, -0.15) is 0 Å². The van der Waals surface area contributed by atoms with Crippen molar-refractivity contribution in [2.24, 2.45) is 0 Å². The Balaban J connectivity index is 4.14. The Labute approximate surface area is 519 Å². The first-order chi connectivity index (χ1) is 41.0. The van der Waals surface area contributed by atoms with E-state index in [1.165, 1.54) is 315 Å². The molecule has 0 spiro atoms. The fourth-order valence-electron chi connectivity index (χ4n) is 11.8. The summed E-state index contributed by atoms with van der Waals surface area (Å²) in [4.78, 5) is 38.5. The van der Waals surface area contributed by atoms with Crippen LogP contribution < -0.4 is 0 Å². The molecule has 1 unspecified atom stereocenters. The van der Waals surface area contributed by atoms with Crippen LogP contribution in [0.25, 0.3) is 0 Å². The summed E-state index contributed by atoms with van der Waals surface area (Å²) in [6.07, 6.45) is 89.5. The molecule has 0 aromatic heterocycles. The second-order valence-corrected chi connectivity index (χ2v) is 25.9. The zero-order valence-electron chi connectivity index (χ0n) is 56.5. The molecule has 0 aliphatic heterocycles. The zero-order valence-corrected chi connectivity index (χ0v) is 56.5. The van der Waals surface area contributed by atoms with Gasteiger partial charge in [0.2, 0.25) is 0 Å². The largest absolute Gasteiger partial charge is 0.462 e. The highest BCUT2D eigenvalue weighted by atomic mass is 16.6. The van der Waals surface area contributed by atoms with E-state index in [1.54, 1.807) is 0 Å². The molecular formula is C77H146O6. The van der Waals surface area contributed by atoms with E-state index in [0.29, 0.717) is 19.3 Å². The van der Waals surface area contributed by atoms with Gasteiger partial charge in [-0.1, -0.05) is 392 Å². The van der Waals surface area contributed by atoms with Crippen molar-refractivity contribution >= 4 is 17.9 Å². The lowest BCUT2D eigenvalue weighted by Crippen LogP contribution is -2.30. The number of carbonyl (C=O) groups is 3. The van der Waals surface area contributed by atoms with E-state index in [0.717, 1.165) is 77.0 Å². The lowest BCUT2D eigenvalue weighted by Gasteiger charge is -2.18. The number of ether oxygens (including phenoxy) is 3. The highest BCUT2D eigenvalue weighted by molar-refractivity contribution is 5.71. The van der Waals surface area contributed by atoms with Gasteiger partial charge in [0, 0.05) is 19.3 Å². The molecule has 0 radical (unpaired) electrons. The van der Waals surface area contributed by atoms with Crippen LogP contribution in [0.4, 0.5) is 0 Å². The quantitative estimate of drug-likeness (QED) is 0.0261. The van der Waals surface area contributed by atoms with Crippen LogP contribution in [0.1, 0.15) is 432 Å². The van der Waals surface area contributed by atoms with Crippen LogP contribution in [0.3, 0.4) is 0 Å². The van der Waals surface area contributed by atoms with Gasteiger partial charge in [0.15, 0.2) is 6.10 Å². The predicted octanol–water partition coefficient (Wildman–Crippen LogP) is 26.1. The number of hydrogen-bond donors (Lipinski definition) is 0. The lowest BCUT2D eigenvalue weighted by molar-refractivity contribution is -0.167. The summed E-state index contributed by atoms with van der Waals surface area (Å²) >= 11 is 0. The van der Waals surface area contributed by atoms with Gasteiger partial charge >= 0.3 is 17.9 Å². The van der Waals surface area contributed by atoms with Gasteiger partial charge in [-0.25, -0.2) is 0 Å². The average Bonchev–Trinajstić information content (AvgIpc) is 3.50. The van der Waals surface area contributed by atoms with E-state index in [1.807, 2.05) is 0 Å². The van der Waals surface area contributed by atoms with Gasteiger partial charge in [-0.05, 0) is 44.9 Å². The molecule has 6 heteroatoms. The first-order valence-corrected chi connectivity index (χ1v) is 37.8. The van der Waals surface area contributed by atoms with Crippen LogP contribution >= 0.6 is 0 Å². The number of rotatable bonds is 71. The van der Waals surface area contributed by atoms with Crippen LogP contribution in [0, 0.1) is 0 Å². The highest BCUT2D eigenvalue weighted by Gasteiger charge is 2.20. The fourth-order valence-corrected chi connectivity index (χ4v) is 11.8. The van der Waals surface area contributed by atoms with Crippen molar-refractivity contribution < 1.29 is 28.6 Å². The van der Waals surface area contributed by atoms with E-state index < -0.39 is 6.10 Å². The third-order valence-corrected chi connectivity index (χ3v) is 17.5. The molecule has 6 nitrogen and oxygen atoms in total. The van der Waals surface area contributed by atoms with Crippen LogP contribution in [-0.2, 0) is 28.6 Å². The molecule has 0 saturated heterocycles. The van der Waals surface area contributed by atoms with Crippen LogP contribution in [0.15, 0.2) is 24.3 Å². The minimum Gasteiger partial charge on any atom is -0.462 e. The zero-order chi connectivity index (χ0) is 59.9. The standard InChI is InChI=1S/C77H146O6/c1-4-7-10-13-16-19-22-25-28-30-32-34-35-36-37-38-39-40-41-42-43-44-46-47-49-52-55-58-61-64-67-70-76(79)82-73-74(72-81-75(78)69-66-63-60-57-54-51-27-24-21-18-15-12-9-6-3)83-77(80)71-68-65-62-59-56-53-50-48-45-33-31-29-26-23-20-17-14-11-8-5-2/h15,18,24,27,74H,4-14,16-17,19-23,25-26,28-73H2,1-3H3/b18-15-,27-24-. The topological polar surface area (TPSA) is 78.9 Å². The van der Waals surface area contributed by atoms with E-state index in [4.69, 9.17) is 14.2 Å². The predicted molar refractivity (Wildman–Crippen MR) is 363 cm³/mol. The smallest absolute Gasteiger partial charge is 0.306 e. The van der Waals surface area contributed by atoms with E-state index in [-0.39, 0.29) is 31.1 Å². The molecule has 0 aromatic rings. The fraction of sp³-hybridized carbons (Fsp3) is 0.909. The minimum absolute atomic E-state index is 0.0691. The van der Waals surface area contributed by atoms with Crippen molar-refractivity contribution in [2.75, 3.05) is 13.2 Å². The van der Waals surface area contributed by atoms with Gasteiger partial charge in [0.1, 0.15) is 13.2 Å². The SMILES string of the molecule is CCCC/C=C\C/C=C\CCCCCCCC(=O)OCC(COC(=O)CCCCCCCCCCCCCCCCCCCCCCCCCCCCCCCCC)OC(=O)CCCCCCCCCCCCCCCCCCCCCC. The Morgan fingerprint density at radius 1 is 0.241 bits per heavy atom. The molecule has 0 aliphatic carbocycles. The molecule has 0 amide bonds. The van der Waals surface area contributed by atoms with E-state index in [2.05, 4.69) is 45.1 Å². The molecule has 0 rings (SSSR count). The third kappa shape index (κ3) is 70.5. The Morgan fingerprint density at radius 3 is 0.699 bits per heavy atom. The number of hydrogen-bond acceptors (Lipinski definition) is 6. The first-order valence-electron chi connectivity index (χ1n) is 37.8. The van der Waals surface area contributed by atoms with Gasteiger partial charge < -0.3 is 14.2 Å². The summed E-state index contributed by atoms with van der Waals surface area (Å²) in [5.41, 5.74) is 0. The van der Waals surface area contributed by atoms with Crippen molar-refractivity contribution in [1.29, 1.82) is 0 Å². The Kier molecular flexibility index (Phi) is 70.5. The third-order valence-electron chi connectivity index (χ3n) is 17.5. The second kappa shape index (κ2) is 72.4. The van der Waals surface area contributed by atoms with Crippen LogP contribution in [-0.4, -0.2) is 37.2 Å². The van der Waals surface area contributed by atoms with Crippen molar-refractivity contribution in [2.45, 2.75) is 438 Å². The molecular weight excluding hydrogens is 1020 g/mol. The first kappa shape index (κ1) is 80.9. The molecule has 0 saturated carbocycles. The van der Waals surface area contributed by atoms with Crippen LogP contribution in [0.5, 0.6) is 0 Å².